The predicted molar refractivity (Wildman–Crippen MR) is 112 cm³/mol. The summed E-state index contributed by atoms with van der Waals surface area (Å²) in [6.45, 7) is -3.27. The fraction of sp³-hybridized carbons (Fsp3) is 0.680. The van der Waals surface area contributed by atoms with Gasteiger partial charge in [-0.15, -0.1) is 0 Å². The molecule has 2 aliphatic rings. The molecule has 2 aliphatic carbocycles. The van der Waals surface area contributed by atoms with Crippen LogP contribution in [0.25, 0.3) is 0 Å². The van der Waals surface area contributed by atoms with Crippen molar-refractivity contribution < 1.29 is 22.3 Å². The molecule has 0 saturated heterocycles. The van der Waals surface area contributed by atoms with E-state index in [4.69, 9.17) is 0 Å². The Morgan fingerprint density at radius 3 is 2.13 bits per heavy atom. The maximum absolute atomic E-state index is 14.0. The van der Waals surface area contributed by atoms with Crippen LogP contribution in [-0.4, -0.2) is 13.3 Å². The topological polar surface area (TPSA) is 9.23 Å². The van der Waals surface area contributed by atoms with Crippen LogP contribution in [0.1, 0.15) is 82.1 Å². The number of allylic oxidation sites excluding steroid dienone is 2. The smallest absolute Gasteiger partial charge is 0.387 e. The predicted octanol–water partition coefficient (Wildman–Crippen LogP) is 8.20. The highest BCUT2D eigenvalue weighted by molar-refractivity contribution is 5.31. The van der Waals surface area contributed by atoms with E-state index in [1.165, 1.54) is 50.7 Å². The van der Waals surface area contributed by atoms with Crippen molar-refractivity contribution in [1.29, 1.82) is 0 Å². The summed E-state index contributed by atoms with van der Waals surface area (Å²) in [6, 6.07) is 4.42. The summed E-state index contributed by atoms with van der Waals surface area (Å²) >= 11 is 0. The van der Waals surface area contributed by atoms with Gasteiger partial charge in [-0.2, -0.15) is 8.78 Å². The second-order valence-electron chi connectivity index (χ2n) is 9.05. The van der Waals surface area contributed by atoms with Crippen LogP contribution in [0.2, 0.25) is 0 Å². The Morgan fingerprint density at radius 2 is 1.57 bits per heavy atom. The van der Waals surface area contributed by atoms with Crippen molar-refractivity contribution in [3.63, 3.8) is 0 Å². The molecule has 0 aliphatic heterocycles. The van der Waals surface area contributed by atoms with Crippen molar-refractivity contribution >= 4 is 0 Å². The molecule has 0 bridgehead atoms. The molecule has 0 N–H and O–H groups in total. The Labute approximate surface area is 177 Å². The number of hydrogen-bond donors (Lipinski definition) is 0. The molecular formula is C25H34F4O. The average molecular weight is 427 g/mol. The van der Waals surface area contributed by atoms with Crippen LogP contribution in [0.15, 0.2) is 30.4 Å². The third-order valence-corrected chi connectivity index (χ3v) is 7.05. The number of ether oxygens (including phenoxy) is 1. The first kappa shape index (κ1) is 23.1. The summed E-state index contributed by atoms with van der Waals surface area (Å²) in [6.07, 6.45) is 16.7. The highest BCUT2D eigenvalue weighted by atomic mass is 19.3. The van der Waals surface area contributed by atoms with E-state index in [1.807, 2.05) is 6.08 Å². The molecule has 0 spiro atoms. The van der Waals surface area contributed by atoms with Crippen molar-refractivity contribution in [3.05, 3.63) is 41.7 Å². The quantitative estimate of drug-likeness (QED) is 0.286. The molecule has 168 valence electrons. The molecule has 0 radical (unpaired) electrons. The van der Waals surface area contributed by atoms with Gasteiger partial charge in [0, 0.05) is 0 Å². The van der Waals surface area contributed by atoms with E-state index < -0.39 is 12.4 Å². The van der Waals surface area contributed by atoms with Gasteiger partial charge in [0.2, 0.25) is 0 Å². The fourth-order valence-corrected chi connectivity index (χ4v) is 5.24. The lowest BCUT2D eigenvalue weighted by Gasteiger charge is -2.31. The lowest BCUT2D eigenvalue weighted by Crippen LogP contribution is -2.17. The maximum Gasteiger partial charge on any atom is 0.387 e. The number of alkyl halides is 3. The summed E-state index contributed by atoms with van der Waals surface area (Å²) in [5.41, 5.74) is 0.895. The second-order valence-corrected chi connectivity index (χ2v) is 9.05. The minimum Gasteiger partial charge on any atom is -0.432 e. The molecule has 2 fully saturated rings. The van der Waals surface area contributed by atoms with Gasteiger partial charge < -0.3 is 4.74 Å². The molecule has 0 heterocycles. The summed E-state index contributed by atoms with van der Waals surface area (Å²) in [4.78, 5) is 0. The molecule has 0 amide bonds. The first-order valence-electron chi connectivity index (χ1n) is 11.5. The van der Waals surface area contributed by atoms with Crippen LogP contribution in [0.4, 0.5) is 17.6 Å². The van der Waals surface area contributed by atoms with Gasteiger partial charge in [0.05, 0.1) is 6.67 Å². The highest BCUT2D eigenvalue weighted by Crippen LogP contribution is 2.40. The Kier molecular flexibility index (Phi) is 9.07. The Morgan fingerprint density at radius 1 is 0.933 bits per heavy atom. The molecule has 3 rings (SSSR count). The maximum atomic E-state index is 14.0. The van der Waals surface area contributed by atoms with Gasteiger partial charge in [-0.25, -0.2) is 4.39 Å². The van der Waals surface area contributed by atoms with Gasteiger partial charge in [-0.3, -0.25) is 4.39 Å². The van der Waals surface area contributed by atoms with Gasteiger partial charge in [0.25, 0.3) is 0 Å². The Balaban J connectivity index is 1.37. The molecule has 30 heavy (non-hydrogen) atoms. The summed E-state index contributed by atoms with van der Waals surface area (Å²) in [5.74, 6) is 1.43. The van der Waals surface area contributed by atoms with Crippen LogP contribution in [0.5, 0.6) is 5.75 Å². The Bertz CT molecular complexity index is 659. The van der Waals surface area contributed by atoms with E-state index in [9.17, 15) is 17.6 Å². The minimum atomic E-state index is -3.01. The monoisotopic (exact) mass is 426 g/mol. The van der Waals surface area contributed by atoms with Crippen molar-refractivity contribution in [2.45, 2.75) is 83.2 Å². The first-order chi connectivity index (χ1) is 14.5. The van der Waals surface area contributed by atoms with Crippen LogP contribution in [-0.2, 0) is 0 Å². The van der Waals surface area contributed by atoms with Crippen LogP contribution >= 0.6 is 0 Å². The van der Waals surface area contributed by atoms with Gasteiger partial charge in [-0.1, -0.05) is 31.1 Å². The molecule has 0 unspecified atom stereocenters. The van der Waals surface area contributed by atoms with Gasteiger partial charge in [-0.05, 0) is 99.2 Å². The zero-order valence-electron chi connectivity index (χ0n) is 17.7. The standard InChI is InChI=1S/C25H34F4O/c26-16-2-1-3-18-4-6-19(7-5-18)8-9-20-10-12-21(13-11-20)22-14-15-24(23(27)17-22)30-25(28)29/h1,3,14-15,17-21,25H,2,4-13,16H2. The third-order valence-electron chi connectivity index (χ3n) is 7.05. The second kappa shape index (κ2) is 11.8. The number of rotatable bonds is 9. The third kappa shape index (κ3) is 7.02. The number of benzene rings is 1. The van der Waals surface area contributed by atoms with Crippen LogP contribution < -0.4 is 4.74 Å². The molecule has 5 heteroatoms. The zero-order chi connectivity index (χ0) is 21.3. The van der Waals surface area contributed by atoms with Gasteiger partial charge in [0.15, 0.2) is 11.6 Å². The molecule has 1 nitrogen and oxygen atoms in total. The molecule has 2 saturated carbocycles. The van der Waals surface area contributed by atoms with E-state index in [2.05, 4.69) is 10.8 Å². The molecule has 1 aromatic carbocycles. The number of halogens is 4. The van der Waals surface area contributed by atoms with Crippen molar-refractivity contribution in [2.75, 3.05) is 6.67 Å². The zero-order valence-corrected chi connectivity index (χ0v) is 17.7. The van der Waals surface area contributed by atoms with E-state index >= 15 is 0 Å². The lowest BCUT2D eigenvalue weighted by atomic mass is 9.74. The van der Waals surface area contributed by atoms with E-state index in [-0.39, 0.29) is 12.4 Å². The van der Waals surface area contributed by atoms with E-state index in [0.29, 0.717) is 18.3 Å². The number of hydrogen-bond acceptors (Lipinski definition) is 1. The minimum absolute atomic E-state index is 0.262. The van der Waals surface area contributed by atoms with Crippen LogP contribution in [0, 0.1) is 23.6 Å². The summed E-state index contributed by atoms with van der Waals surface area (Å²) in [7, 11) is 0. The molecule has 0 aromatic heterocycles. The average Bonchev–Trinajstić information content (AvgIpc) is 2.75. The Hall–Kier alpha value is -1.52. The SMILES string of the molecule is FCCC=CC1CCC(CCC2CCC(c3ccc(OC(F)F)c(F)c3)CC2)CC1. The largest absolute Gasteiger partial charge is 0.432 e. The summed E-state index contributed by atoms with van der Waals surface area (Å²) in [5, 5.41) is 0. The summed E-state index contributed by atoms with van der Waals surface area (Å²) < 4.78 is 55.0. The fourth-order valence-electron chi connectivity index (χ4n) is 5.24. The molecule has 0 atom stereocenters. The van der Waals surface area contributed by atoms with Crippen molar-refractivity contribution in [2.24, 2.45) is 17.8 Å². The van der Waals surface area contributed by atoms with E-state index in [0.717, 1.165) is 43.1 Å². The van der Waals surface area contributed by atoms with Crippen LogP contribution in [0.3, 0.4) is 0 Å². The molecule has 1 aromatic rings. The van der Waals surface area contributed by atoms with Crippen molar-refractivity contribution in [3.8, 4) is 5.75 Å². The van der Waals surface area contributed by atoms with Crippen molar-refractivity contribution in [1.82, 2.24) is 0 Å². The first-order valence-corrected chi connectivity index (χ1v) is 11.5. The molecular weight excluding hydrogens is 392 g/mol. The van der Waals surface area contributed by atoms with E-state index in [1.54, 1.807) is 6.07 Å². The highest BCUT2D eigenvalue weighted by Gasteiger charge is 2.25. The van der Waals surface area contributed by atoms with Gasteiger partial charge >= 0.3 is 6.61 Å². The lowest BCUT2D eigenvalue weighted by molar-refractivity contribution is -0.0522. The normalized spacial score (nSPS) is 27.6. The van der Waals surface area contributed by atoms with Gasteiger partial charge in [0.1, 0.15) is 0 Å².